The zero-order chi connectivity index (χ0) is 12.1. The largest absolute Gasteiger partial charge is 0.339 e. The molecule has 0 radical (unpaired) electrons. The Bertz CT molecular complexity index is 223. The van der Waals surface area contributed by atoms with Gasteiger partial charge in [-0.05, 0) is 25.8 Å². The Morgan fingerprint density at radius 1 is 1.19 bits per heavy atom. The minimum Gasteiger partial charge on any atom is -0.339 e. The normalized spacial score (nSPS) is 20.2. The van der Waals surface area contributed by atoms with E-state index in [2.05, 4.69) is 34.7 Å². The van der Waals surface area contributed by atoms with Crippen molar-refractivity contribution in [1.82, 2.24) is 9.80 Å². The quantitative estimate of drug-likeness (QED) is 0.739. The number of carbonyl (C=O) groups is 1. The summed E-state index contributed by atoms with van der Waals surface area (Å²) < 4.78 is 0. The summed E-state index contributed by atoms with van der Waals surface area (Å²) in [6.45, 7) is 11.4. The lowest BCUT2D eigenvalue weighted by atomic mass is 10.1. The lowest BCUT2D eigenvalue weighted by Crippen LogP contribution is -2.50. The first-order valence-electron chi connectivity index (χ1n) is 6.16. The molecule has 0 spiro atoms. The number of rotatable bonds is 4. The van der Waals surface area contributed by atoms with Gasteiger partial charge in [0.15, 0.2) is 0 Å². The molecular weight excluding hydrogens is 268 g/mol. The molecule has 1 unspecified atom stereocenters. The SMILES string of the molecule is CC(C)CCN1CCN(C(=O)C(C)Br)CC1. The molecule has 16 heavy (non-hydrogen) atoms. The van der Waals surface area contributed by atoms with Crippen LogP contribution in [0.1, 0.15) is 27.2 Å². The summed E-state index contributed by atoms with van der Waals surface area (Å²) in [7, 11) is 0. The van der Waals surface area contributed by atoms with Crippen molar-refractivity contribution in [3.8, 4) is 0 Å². The van der Waals surface area contributed by atoms with Crippen molar-refractivity contribution in [3.05, 3.63) is 0 Å². The number of hydrogen-bond donors (Lipinski definition) is 0. The molecule has 0 bridgehead atoms. The molecule has 1 heterocycles. The maximum absolute atomic E-state index is 11.7. The molecule has 1 fully saturated rings. The van der Waals surface area contributed by atoms with Gasteiger partial charge in [0, 0.05) is 26.2 Å². The van der Waals surface area contributed by atoms with Gasteiger partial charge in [-0.25, -0.2) is 0 Å². The first-order valence-corrected chi connectivity index (χ1v) is 7.07. The van der Waals surface area contributed by atoms with Gasteiger partial charge in [0.1, 0.15) is 0 Å². The van der Waals surface area contributed by atoms with Crippen molar-refractivity contribution in [1.29, 1.82) is 0 Å². The molecule has 4 heteroatoms. The second-order valence-electron chi connectivity index (χ2n) is 4.97. The molecule has 0 saturated carbocycles. The fraction of sp³-hybridized carbons (Fsp3) is 0.917. The van der Waals surface area contributed by atoms with Gasteiger partial charge < -0.3 is 4.90 Å². The van der Waals surface area contributed by atoms with E-state index in [1.807, 2.05) is 11.8 Å². The standard InChI is InChI=1S/C12H23BrN2O/c1-10(2)4-5-14-6-8-15(9-7-14)12(16)11(3)13/h10-11H,4-9H2,1-3H3. The molecule has 1 atom stereocenters. The summed E-state index contributed by atoms with van der Waals surface area (Å²) in [5.41, 5.74) is 0. The monoisotopic (exact) mass is 290 g/mol. The predicted octanol–water partition coefficient (Wildman–Crippen LogP) is 1.96. The summed E-state index contributed by atoms with van der Waals surface area (Å²) in [5.74, 6) is 0.991. The summed E-state index contributed by atoms with van der Waals surface area (Å²) in [4.78, 5) is 16.1. The van der Waals surface area contributed by atoms with E-state index >= 15 is 0 Å². The van der Waals surface area contributed by atoms with E-state index in [0.717, 1.165) is 32.1 Å². The Morgan fingerprint density at radius 3 is 2.19 bits per heavy atom. The molecule has 0 N–H and O–H groups in total. The van der Waals surface area contributed by atoms with Gasteiger partial charge >= 0.3 is 0 Å². The van der Waals surface area contributed by atoms with Crippen LogP contribution in [-0.2, 0) is 4.79 Å². The highest BCUT2D eigenvalue weighted by atomic mass is 79.9. The van der Waals surface area contributed by atoms with Gasteiger partial charge in [-0.2, -0.15) is 0 Å². The van der Waals surface area contributed by atoms with E-state index in [1.165, 1.54) is 13.0 Å². The van der Waals surface area contributed by atoms with Crippen LogP contribution >= 0.6 is 15.9 Å². The molecule has 0 aromatic heterocycles. The molecule has 0 aliphatic carbocycles. The van der Waals surface area contributed by atoms with Crippen LogP contribution in [0.25, 0.3) is 0 Å². The number of halogens is 1. The van der Waals surface area contributed by atoms with Crippen LogP contribution < -0.4 is 0 Å². The van der Waals surface area contributed by atoms with Crippen molar-refractivity contribution in [2.45, 2.75) is 32.0 Å². The van der Waals surface area contributed by atoms with E-state index in [9.17, 15) is 4.79 Å². The summed E-state index contributed by atoms with van der Waals surface area (Å²) in [6, 6.07) is 0. The fourth-order valence-electron chi connectivity index (χ4n) is 1.88. The molecule has 1 rings (SSSR count). The lowest BCUT2D eigenvalue weighted by molar-refractivity contribution is -0.131. The van der Waals surface area contributed by atoms with E-state index < -0.39 is 0 Å². The molecule has 94 valence electrons. The minimum absolute atomic E-state index is 0.0466. The number of carbonyl (C=O) groups excluding carboxylic acids is 1. The van der Waals surface area contributed by atoms with Crippen LogP contribution in [0.4, 0.5) is 0 Å². The number of piperazine rings is 1. The van der Waals surface area contributed by atoms with Gasteiger partial charge in [0.25, 0.3) is 0 Å². The van der Waals surface area contributed by atoms with Crippen LogP contribution in [0, 0.1) is 5.92 Å². The molecular formula is C12H23BrN2O. The van der Waals surface area contributed by atoms with Crippen LogP contribution in [0.3, 0.4) is 0 Å². The van der Waals surface area contributed by atoms with Gasteiger partial charge in [-0.1, -0.05) is 29.8 Å². The Labute approximate surface area is 107 Å². The maximum Gasteiger partial charge on any atom is 0.236 e. The minimum atomic E-state index is -0.0466. The second kappa shape index (κ2) is 6.60. The Morgan fingerprint density at radius 2 is 1.75 bits per heavy atom. The van der Waals surface area contributed by atoms with E-state index in [-0.39, 0.29) is 10.7 Å². The number of hydrogen-bond acceptors (Lipinski definition) is 2. The topological polar surface area (TPSA) is 23.6 Å². The van der Waals surface area contributed by atoms with Crippen LogP contribution in [0.5, 0.6) is 0 Å². The molecule has 0 aromatic rings. The summed E-state index contributed by atoms with van der Waals surface area (Å²) in [6.07, 6.45) is 1.25. The third-order valence-corrected chi connectivity index (χ3v) is 3.44. The maximum atomic E-state index is 11.7. The van der Waals surface area contributed by atoms with E-state index in [0.29, 0.717) is 0 Å². The smallest absolute Gasteiger partial charge is 0.236 e. The molecule has 1 amide bonds. The molecule has 1 saturated heterocycles. The van der Waals surface area contributed by atoms with Crippen molar-refractivity contribution in [2.75, 3.05) is 32.7 Å². The lowest BCUT2D eigenvalue weighted by Gasteiger charge is -2.35. The van der Waals surface area contributed by atoms with Crippen molar-refractivity contribution >= 4 is 21.8 Å². The first-order chi connectivity index (χ1) is 7.50. The van der Waals surface area contributed by atoms with Crippen molar-refractivity contribution in [2.24, 2.45) is 5.92 Å². The van der Waals surface area contributed by atoms with Crippen LogP contribution in [-0.4, -0.2) is 53.3 Å². The first kappa shape index (κ1) is 14.0. The molecule has 1 aliphatic heterocycles. The number of alkyl halides is 1. The molecule has 3 nitrogen and oxygen atoms in total. The number of nitrogens with zero attached hydrogens (tertiary/aromatic N) is 2. The Hall–Kier alpha value is -0.0900. The fourth-order valence-corrected chi connectivity index (χ4v) is 2.17. The third kappa shape index (κ3) is 4.42. The Balaban J connectivity index is 2.26. The average molecular weight is 291 g/mol. The van der Waals surface area contributed by atoms with Crippen LogP contribution in [0.2, 0.25) is 0 Å². The summed E-state index contributed by atoms with van der Waals surface area (Å²) in [5, 5.41) is 0. The van der Waals surface area contributed by atoms with Crippen molar-refractivity contribution in [3.63, 3.8) is 0 Å². The highest BCUT2D eigenvalue weighted by Gasteiger charge is 2.23. The zero-order valence-electron chi connectivity index (χ0n) is 10.6. The summed E-state index contributed by atoms with van der Waals surface area (Å²) >= 11 is 3.34. The zero-order valence-corrected chi connectivity index (χ0v) is 12.2. The van der Waals surface area contributed by atoms with E-state index in [4.69, 9.17) is 0 Å². The van der Waals surface area contributed by atoms with Crippen LogP contribution in [0.15, 0.2) is 0 Å². The van der Waals surface area contributed by atoms with Gasteiger partial charge in [0.2, 0.25) is 5.91 Å². The second-order valence-corrected chi connectivity index (χ2v) is 6.34. The third-order valence-electron chi connectivity index (χ3n) is 3.05. The van der Waals surface area contributed by atoms with E-state index in [1.54, 1.807) is 0 Å². The highest BCUT2D eigenvalue weighted by Crippen LogP contribution is 2.10. The molecule has 0 aromatic carbocycles. The predicted molar refractivity (Wildman–Crippen MR) is 70.9 cm³/mol. The number of amides is 1. The Kier molecular flexibility index (Phi) is 5.76. The molecule has 1 aliphatic rings. The van der Waals surface area contributed by atoms with Gasteiger partial charge in [0.05, 0.1) is 4.83 Å². The average Bonchev–Trinajstić information content (AvgIpc) is 2.26. The van der Waals surface area contributed by atoms with Gasteiger partial charge in [-0.3, -0.25) is 9.69 Å². The van der Waals surface area contributed by atoms with Crippen molar-refractivity contribution < 1.29 is 4.79 Å². The highest BCUT2D eigenvalue weighted by molar-refractivity contribution is 9.10. The van der Waals surface area contributed by atoms with Gasteiger partial charge in [-0.15, -0.1) is 0 Å².